The highest BCUT2D eigenvalue weighted by atomic mass is 16.5. The summed E-state index contributed by atoms with van der Waals surface area (Å²) in [5.41, 5.74) is 0.867. The molecule has 100 valence electrons. The van der Waals surface area contributed by atoms with Gasteiger partial charge in [0.2, 0.25) is 5.91 Å². The highest BCUT2D eigenvalue weighted by molar-refractivity contribution is 5.78. The van der Waals surface area contributed by atoms with E-state index in [4.69, 9.17) is 4.52 Å². The Morgan fingerprint density at radius 2 is 2.28 bits per heavy atom. The van der Waals surface area contributed by atoms with Crippen molar-refractivity contribution in [3.63, 3.8) is 0 Å². The lowest BCUT2D eigenvalue weighted by Crippen LogP contribution is -2.49. The molecule has 0 aromatic carbocycles. The van der Waals surface area contributed by atoms with E-state index in [1.807, 2.05) is 29.8 Å². The maximum absolute atomic E-state index is 12.0. The minimum atomic E-state index is 0.176. The number of carbonyl (C=O) groups excluding carboxylic acids is 1. The Morgan fingerprint density at radius 1 is 1.56 bits per heavy atom. The number of amides is 1. The van der Waals surface area contributed by atoms with Crippen molar-refractivity contribution in [3.8, 4) is 0 Å². The van der Waals surface area contributed by atoms with Crippen LogP contribution >= 0.6 is 0 Å². The third-order valence-electron chi connectivity index (χ3n) is 2.98. The van der Waals surface area contributed by atoms with E-state index in [1.165, 1.54) is 0 Å². The zero-order valence-electron chi connectivity index (χ0n) is 11.0. The van der Waals surface area contributed by atoms with Gasteiger partial charge in [-0.05, 0) is 14.0 Å². The number of hydrogen-bond donors (Lipinski definition) is 1. The Bertz CT molecular complexity index is 399. The second-order valence-corrected chi connectivity index (χ2v) is 4.74. The second-order valence-electron chi connectivity index (χ2n) is 4.74. The fourth-order valence-corrected chi connectivity index (χ4v) is 2.06. The average Bonchev–Trinajstić information content (AvgIpc) is 2.75. The number of hydrogen-bond acceptors (Lipinski definition) is 5. The number of carbonyl (C=O) groups is 1. The van der Waals surface area contributed by atoms with Gasteiger partial charge in [0, 0.05) is 32.2 Å². The predicted octanol–water partition coefficient (Wildman–Crippen LogP) is -0.153. The average molecular weight is 252 g/mol. The van der Waals surface area contributed by atoms with Crippen LogP contribution in [0.4, 0.5) is 0 Å². The van der Waals surface area contributed by atoms with Gasteiger partial charge in [0.15, 0.2) is 5.76 Å². The van der Waals surface area contributed by atoms with Crippen LogP contribution in [0, 0.1) is 6.92 Å². The quantitative estimate of drug-likeness (QED) is 0.807. The standard InChI is InChI=1S/C12H20N4O2/c1-10-7-11(18-14-10)8-15(2)9-12(17)16-5-3-13-4-6-16/h7,13H,3-6,8-9H2,1-2H3. The van der Waals surface area contributed by atoms with Crippen molar-refractivity contribution < 1.29 is 9.32 Å². The fraction of sp³-hybridized carbons (Fsp3) is 0.667. The molecule has 1 aromatic heterocycles. The normalized spacial score (nSPS) is 16.3. The molecule has 2 rings (SSSR count). The van der Waals surface area contributed by atoms with Gasteiger partial charge in [-0.2, -0.15) is 0 Å². The fourth-order valence-electron chi connectivity index (χ4n) is 2.06. The minimum Gasteiger partial charge on any atom is -0.360 e. The highest BCUT2D eigenvalue weighted by Gasteiger charge is 2.18. The summed E-state index contributed by atoms with van der Waals surface area (Å²) in [4.78, 5) is 15.9. The summed E-state index contributed by atoms with van der Waals surface area (Å²) >= 11 is 0. The molecule has 2 heterocycles. The Labute approximate surface area is 107 Å². The van der Waals surface area contributed by atoms with Gasteiger partial charge < -0.3 is 14.7 Å². The predicted molar refractivity (Wildman–Crippen MR) is 67.0 cm³/mol. The van der Waals surface area contributed by atoms with Crippen molar-refractivity contribution in [3.05, 3.63) is 17.5 Å². The van der Waals surface area contributed by atoms with Crippen molar-refractivity contribution in [2.24, 2.45) is 0 Å². The monoisotopic (exact) mass is 252 g/mol. The molecule has 18 heavy (non-hydrogen) atoms. The molecule has 0 saturated carbocycles. The van der Waals surface area contributed by atoms with Crippen LogP contribution in [0.1, 0.15) is 11.5 Å². The first kappa shape index (κ1) is 13.0. The first-order chi connectivity index (χ1) is 8.65. The third kappa shape index (κ3) is 3.54. The van der Waals surface area contributed by atoms with Gasteiger partial charge in [-0.15, -0.1) is 0 Å². The number of likely N-dealkylation sites (N-methyl/N-ethyl adjacent to an activating group) is 1. The number of rotatable bonds is 4. The zero-order valence-corrected chi connectivity index (χ0v) is 11.0. The molecule has 1 aliphatic heterocycles. The number of nitrogens with one attached hydrogen (secondary N) is 1. The summed E-state index contributed by atoms with van der Waals surface area (Å²) in [6.45, 7) is 6.28. The molecular formula is C12H20N4O2. The molecule has 1 saturated heterocycles. The number of aryl methyl sites for hydroxylation is 1. The van der Waals surface area contributed by atoms with Crippen LogP contribution in [-0.4, -0.2) is 60.6 Å². The molecule has 0 bridgehead atoms. The van der Waals surface area contributed by atoms with E-state index in [0.29, 0.717) is 13.1 Å². The smallest absolute Gasteiger partial charge is 0.236 e. The summed E-state index contributed by atoms with van der Waals surface area (Å²) in [5, 5.41) is 7.07. The van der Waals surface area contributed by atoms with E-state index in [1.54, 1.807) is 0 Å². The molecule has 1 N–H and O–H groups in total. The summed E-state index contributed by atoms with van der Waals surface area (Å²) in [5.74, 6) is 0.971. The lowest BCUT2D eigenvalue weighted by atomic mass is 10.3. The van der Waals surface area contributed by atoms with E-state index in [0.717, 1.165) is 37.6 Å². The molecule has 1 fully saturated rings. The minimum absolute atomic E-state index is 0.176. The molecule has 0 spiro atoms. The summed E-state index contributed by atoms with van der Waals surface area (Å²) in [7, 11) is 1.91. The van der Waals surface area contributed by atoms with Crippen LogP contribution in [0.15, 0.2) is 10.6 Å². The van der Waals surface area contributed by atoms with Crippen LogP contribution in [0.2, 0.25) is 0 Å². The lowest BCUT2D eigenvalue weighted by Gasteiger charge is -2.29. The van der Waals surface area contributed by atoms with E-state index in [9.17, 15) is 4.79 Å². The van der Waals surface area contributed by atoms with E-state index in [2.05, 4.69) is 10.5 Å². The summed E-state index contributed by atoms with van der Waals surface area (Å²) in [6, 6.07) is 1.89. The summed E-state index contributed by atoms with van der Waals surface area (Å²) in [6.07, 6.45) is 0. The van der Waals surface area contributed by atoms with Gasteiger partial charge in [-0.25, -0.2) is 0 Å². The second kappa shape index (κ2) is 5.97. The van der Waals surface area contributed by atoms with Crippen LogP contribution in [0.3, 0.4) is 0 Å². The largest absolute Gasteiger partial charge is 0.360 e. The van der Waals surface area contributed by atoms with Gasteiger partial charge in [0.1, 0.15) is 0 Å². The molecule has 1 amide bonds. The Morgan fingerprint density at radius 3 is 2.89 bits per heavy atom. The molecule has 1 aromatic rings. The topological polar surface area (TPSA) is 61.6 Å². The first-order valence-corrected chi connectivity index (χ1v) is 6.24. The molecule has 0 radical (unpaired) electrons. The van der Waals surface area contributed by atoms with Gasteiger partial charge >= 0.3 is 0 Å². The Kier molecular flexibility index (Phi) is 4.33. The number of piperazine rings is 1. The van der Waals surface area contributed by atoms with Crippen LogP contribution in [0.25, 0.3) is 0 Å². The zero-order chi connectivity index (χ0) is 13.0. The maximum atomic E-state index is 12.0. The number of aromatic nitrogens is 1. The van der Waals surface area contributed by atoms with Crippen LogP contribution in [-0.2, 0) is 11.3 Å². The van der Waals surface area contributed by atoms with Gasteiger partial charge in [-0.3, -0.25) is 9.69 Å². The molecule has 0 atom stereocenters. The molecule has 1 aliphatic rings. The van der Waals surface area contributed by atoms with Crippen molar-refractivity contribution >= 4 is 5.91 Å². The van der Waals surface area contributed by atoms with Crippen LogP contribution in [0.5, 0.6) is 0 Å². The SMILES string of the molecule is Cc1cc(CN(C)CC(=O)N2CCNCC2)on1. The van der Waals surface area contributed by atoms with E-state index >= 15 is 0 Å². The van der Waals surface area contributed by atoms with Gasteiger partial charge in [0.25, 0.3) is 0 Å². The van der Waals surface area contributed by atoms with Crippen molar-refractivity contribution in [2.45, 2.75) is 13.5 Å². The molecular weight excluding hydrogens is 232 g/mol. The third-order valence-corrected chi connectivity index (χ3v) is 2.98. The van der Waals surface area contributed by atoms with E-state index < -0.39 is 0 Å². The lowest BCUT2D eigenvalue weighted by molar-refractivity contribution is -0.132. The first-order valence-electron chi connectivity index (χ1n) is 6.24. The van der Waals surface area contributed by atoms with Gasteiger partial charge in [0.05, 0.1) is 18.8 Å². The van der Waals surface area contributed by atoms with Crippen LogP contribution < -0.4 is 5.32 Å². The maximum Gasteiger partial charge on any atom is 0.236 e. The molecule has 0 unspecified atom stereocenters. The number of nitrogens with zero attached hydrogens (tertiary/aromatic N) is 3. The Hall–Kier alpha value is -1.40. The molecule has 6 heteroatoms. The highest BCUT2D eigenvalue weighted by Crippen LogP contribution is 2.05. The van der Waals surface area contributed by atoms with Crippen molar-refractivity contribution in [1.82, 2.24) is 20.3 Å². The van der Waals surface area contributed by atoms with E-state index in [-0.39, 0.29) is 5.91 Å². The molecule has 6 nitrogen and oxygen atoms in total. The summed E-state index contributed by atoms with van der Waals surface area (Å²) < 4.78 is 5.14. The van der Waals surface area contributed by atoms with Crippen molar-refractivity contribution in [1.29, 1.82) is 0 Å². The Balaban J connectivity index is 1.79. The van der Waals surface area contributed by atoms with Gasteiger partial charge in [-0.1, -0.05) is 5.16 Å². The molecule has 0 aliphatic carbocycles. The van der Waals surface area contributed by atoms with Crippen molar-refractivity contribution in [2.75, 3.05) is 39.8 Å².